The predicted molar refractivity (Wildman–Crippen MR) is 45.1 cm³/mol. The molecule has 0 bridgehead atoms. The number of hydrogen-bond acceptors (Lipinski definition) is 4. The van der Waals surface area contributed by atoms with Crippen LogP contribution in [0.5, 0.6) is 0 Å². The van der Waals surface area contributed by atoms with Gasteiger partial charge in [0.15, 0.2) is 0 Å². The van der Waals surface area contributed by atoms with E-state index in [1.54, 1.807) is 0 Å². The number of hydrogen-bond donors (Lipinski definition) is 0. The SMILES string of the molecule is C/C(=C\C(C)(Br)[N+](=O)[O-])[N+](=O)[O-]. The van der Waals surface area contributed by atoms with Crippen molar-refractivity contribution in [1.82, 2.24) is 0 Å². The third-order valence-corrected chi connectivity index (χ3v) is 1.64. The Bertz CT molecular complexity index is 248. The van der Waals surface area contributed by atoms with Crippen LogP contribution in [0, 0.1) is 20.2 Å². The van der Waals surface area contributed by atoms with Crippen LogP contribution >= 0.6 is 15.9 Å². The standard InChI is InChI=1S/C5H7BrN2O4/c1-4(7(9)10)3-5(2,6)8(11)12/h3H,1-2H3/b4-3+. The second kappa shape index (κ2) is 3.61. The summed E-state index contributed by atoms with van der Waals surface area (Å²) in [5, 5.41) is 20.4. The maximum Gasteiger partial charge on any atom is 0.296 e. The second-order valence-electron chi connectivity index (χ2n) is 2.32. The van der Waals surface area contributed by atoms with Gasteiger partial charge in [0.25, 0.3) is 4.45 Å². The van der Waals surface area contributed by atoms with Gasteiger partial charge in [-0.05, 0) is 0 Å². The number of halogens is 1. The Kier molecular flexibility index (Phi) is 3.32. The summed E-state index contributed by atoms with van der Waals surface area (Å²) in [6, 6.07) is 0. The van der Waals surface area contributed by atoms with E-state index in [1.807, 2.05) is 0 Å². The first-order chi connectivity index (χ1) is 5.27. The van der Waals surface area contributed by atoms with Crippen molar-refractivity contribution in [1.29, 1.82) is 0 Å². The van der Waals surface area contributed by atoms with Gasteiger partial charge in [-0.1, -0.05) is 0 Å². The normalized spacial score (nSPS) is 16.8. The molecule has 0 rings (SSSR count). The van der Waals surface area contributed by atoms with Crippen molar-refractivity contribution in [3.8, 4) is 0 Å². The third kappa shape index (κ3) is 2.95. The number of alkyl halides is 1. The second-order valence-corrected chi connectivity index (χ2v) is 3.93. The average Bonchev–Trinajstić information content (AvgIpc) is 1.85. The summed E-state index contributed by atoms with van der Waals surface area (Å²) in [7, 11) is 0. The Morgan fingerprint density at radius 3 is 2.17 bits per heavy atom. The molecular weight excluding hydrogens is 232 g/mol. The summed E-state index contributed by atoms with van der Waals surface area (Å²) in [4.78, 5) is 19.0. The lowest BCUT2D eigenvalue weighted by Crippen LogP contribution is -2.25. The van der Waals surface area contributed by atoms with E-state index < -0.39 is 14.3 Å². The van der Waals surface area contributed by atoms with Crippen molar-refractivity contribution in [2.45, 2.75) is 18.3 Å². The molecule has 0 fully saturated rings. The fraction of sp³-hybridized carbons (Fsp3) is 0.600. The maximum atomic E-state index is 10.3. The first-order valence-electron chi connectivity index (χ1n) is 2.94. The van der Waals surface area contributed by atoms with Crippen LogP contribution in [0.2, 0.25) is 0 Å². The van der Waals surface area contributed by atoms with Crippen molar-refractivity contribution in [2.75, 3.05) is 0 Å². The van der Waals surface area contributed by atoms with Gasteiger partial charge in [-0.2, -0.15) is 0 Å². The highest BCUT2D eigenvalue weighted by Gasteiger charge is 2.32. The molecule has 0 saturated carbocycles. The topological polar surface area (TPSA) is 86.3 Å². The summed E-state index contributed by atoms with van der Waals surface area (Å²) in [5.74, 6) is 0. The van der Waals surface area contributed by atoms with Crippen LogP contribution in [-0.4, -0.2) is 14.3 Å². The first-order valence-corrected chi connectivity index (χ1v) is 3.74. The van der Waals surface area contributed by atoms with Gasteiger partial charge < -0.3 is 0 Å². The zero-order valence-electron chi connectivity index (χ0n) is 6.48. The van der Waals surface area contributed by atoms with Crippen molar-refractivity contribution in [3.63, 3.8) is 0 Å². The Morgan fingerprint density at radius 1 is 1.50 bits per heavy atom. The Hall–Kier alpha value is -0.980. The monoisotopic (exact) mass is 238 g/mol. The Morgan fingerprint density at radius 2 is 1.92 bits per heavy atom. The van der Waals surface area contributed by atoms with Crippen LogP contribution in [0.1, 0.15) is 13.8 Å². The summed E-state index contributed by atoms with van der Waals surface area (Å²) in [6.07, 6.45) is 0.938. The molecule has 0 aliphatic carbocycles. The summed E-state index contributed by atoms with van der Waals surface area (Å²) in [6.45, 7) is 2.42. The van der Waals surface area contributed by atoms with Crippen molar-refractivity contribution in [3.05, 3.63) is 32.0 Å². The number of nitro groups is 2. The largest absolute Gasteiger partial charge is 0.296 e. The summed E-state index contributed by atoms with van der Waals surface area (Å²) < 4.78 is -1.57. The lowest BCUT2D eigenvalue weighted by Gasteiger charge is -2.06. The molecule has 0 aromatic carbocycles. The van der Waals surface area contributed by atoms with Crippen LogP contribution in [-0.2, 0) is 0 Å². The quantitative estimate of drug-likeness (QED) is 0.323. The molecule has 0 aliphatic rings. The molecule has 0 amide bonds. The van der Waals surface area contributed by atoms with Gasteiger partial charge in [-0.25, -0.2) is 0 Å². The third-order valence-electron chi connectivity index (χ3n) is 1.12. The van der Waals surface area contributed by atoms with Gasteiger partial charge >= 0.3 is 0 Å². The Balaban J connectivity index is 4.73. The molecule has 68 valence electrons. The molecule has 0 spiro atoms. The highest BCUT2D eigenvalue weighted by Crippen LogP contribution is 2.21. The summed E-state index contributed by atoms with van der Waals surface area (Å²) >= 11 is 2.74. The van der Waals surface area contributed by atoms with E-state index in [9.17, 15) is 20.2 Å². The van der Waals surface area contributed by atoms with E-state index >= 15 is 0 Å². The molecule has 6 nitrogen and oxygen atoms in total. The minimum absolute atomic E-state index is 0.258. The molecule has 0 aromatic heterocycles. The fourth-order valence-corrected chi connectivity index (χ4v) is 0.818. The van der Waals surface area contributed by atoms with Crippen LogP contribution in [0.25, 0.3) is 0 Å². The minimum Gasteiger partial charge on any atom is -0.263 e. The van der Waals surface area contributed by atoms with Gasteiger partial charge in [-0.15, -0.1) is 0 Å². The molecule has 12 heavy (non-hydrogen) atoms. The first kappa shape index (κ1) is 11.0. The highest BCUT2D eigenvalue weighted by atomic mass is 79.9. The minimum atomic E-state index is -1.57. The van der Waals surface area contributed by atoms with Crippen molar-refractivity contribution < 1.29 is 9.85 Å². The number of nitrogens with zero attached hydrogens (tertiary/aromatic N) is 2. The van der Waals surface area contributed by atoms with E-state index in [0.717, 1.165) is 6.08 Å². The lowest BCUT2D eigenvalue weighted by atomic mass is 10.3. The molecule has 1 atom stereocenters. The molecule has 0 N–H and O–H groups in total. The molecule has 0 radical (unpaired) electrons. The highest BCUT2D eigenvalue weighted by molar-refractivity contribution is 9.10. The van der Waals surface area contributed by atoms with Gasteiger partial charge in [-0.3, -0.25) is 20.2 Å². The van der Waals surface area contributed by atoms with Gasteiger partial charge in [0, 0.05) is 34.7 Å². The molecule has 1 unspecified atom stereocenters. The number of rotatable bonds is 3. The number of allylic oxidation sites excluding steroid dienone is 1. The zero-order chi connectivity index (χ0) is 9.94. The van der Waals surface area contributed by atoms with Crippen LogP contribution < -0.4 is 0 Å². The van der Waals surface area contributed by atoms with E-state index in [4.69, 9.17) is 0 Å². The molecular formula is C5H7BrN2O4. The van der Waals surface area contributed by atoms with E-state index in [-0.39, 0.29) is 5.70 Å². The lowest BCUT2D eigenvalue weighted by molar-refractivity contribution is -0.519. The average molecular weight is 239 g/mol. The molecule has 0 aliphatic heterocycles. The summed E-state index contributed by atoms with van der Waals surface area (Å²) in [5.41, 5.74) is -0.258. The van der Waals surface area contributed by atoms with E-state index in [2.05, 4.69) is 15.9 Å². The smallest absolute Gasteiger partial charge is 0.263 e. The van der Waals surface area contributed by atoms with Crippen LogP contribution in [0.4, 0.5) is 0 Å². The van der Waals surface area contributed by atoms with Gasteiger partial charge in [0.05, 0.1) is 11.0 Å². The van der Waals surface area contributed by atoms with Crippen LogP contribution in [0.3, 0.4) is 0 Å². The van der Waals surface area contributed by atoms with Crippen LogP contribution in [0.15, 0.2) is 11.8 Å². The van der Waals surface area contributed by atoms with E-state index in [1.165, 1.54) is 13.8 Å². The fourth-order valence-electron chi connectivity index (χ4n) is 0.487. The molecule has 0 heterocycles. The predicted octanol–water partition coefficient (Wildman–Crippen LogP) is 1.55. The molecule has 0 aromatic rings. The van der Waals surface area contributed by atoms with Gasteiger partial charge in [0.1, 0.15) is 0 Å². The molecule has 0 saturated heterocycles. The maximum absolute atomic E-state index is 10.3. The van der Waals surface area contributed by atoms with Gasteiger partial charge in [0.2, 0.25) is 5.70 Å². The Labute approximate surface area is 76.7 Å². The molecule has 7 heteroatoms. The van der Waals surface area contributed by atoms with Crippen molar-refractivity contribution in [2.24, 2.45) is 0 Å². The van der Waals surface area contributed by atoms with Crippen molar-refractivity contribution >= 4 is 15.9 Å². The van der Waals surface area contributed by atoms with E-state index in [0.29, 0.717) is 0 Å². The zero-order valence-corrected chi connectivity index (χ0v) is 8.07.